The van der Waals surface area contributed by atoms with Gasteiger partial charge in [-0.15, -0.1) is 0 Å². The summed E-state index contributed by atoms with van der Waals surface area (Å²) < 4.78 is 22.1. The number of primary amides is 1. The van der Waals surface area contributed by atoms with Crippen molar-refractivity contribution in [3.05, 3.63) is 23.8 Å². The van der Waals surface area contributed by atoms with E-state index in [1.807, 2.05) is 37.2 Å². The summed E-state index contributed by atoms with van der Waals surface area (Å²) in [6.07, 6.45) is -0.346. The summed E-state index contributed by atoms with van der Waals surface area (Å²) in [5, 5.41) is 0. The standard InChI is InChI=1S/C20H28FN5O3/c1-5-26-16-11-15(13(21)10-14(16)23-18(26)12-17(22)27)24-6-8-25(9-7-24)19(28)29-20(2,3)4/h10-11H,5-9,12H2,1-4H3,(H2,22,27). The smallest absolute Gasteiger partial charge is 0.410 e. The molecule has 0 bridgehead atoms. The van der Waals surface area contributed by atoms with Gasteiger partial charge in [-0.3, -0.25) is 4.79 Å². The predicted octanol–water partition coefficient (Wildman–Crippen LogP) is 2.28. The van der Waals surface area contributed by atoms with Gasteiger partial charge >= 0.3 is 6.09 Å². The first-order valence-electron chi connectivity index (χ1n) is 9.79. The Bertz CT molecular complexity index is 926. The zero-order chi connectivity index (χ0) is 21.3. The molecule has 2 aromatic rings. The van der Waals surface area contributed by atoms with Crippen molar-refractivity contribution in [2.75, 3.05) is 31.1 Å². The van der Waals surface area contributed by atoms with Crippen molar-refractivity contribution >= 4 is 28.7 Å². The number of carbonyl (C=O) groups is 2. The number of aryl methyl sites for hydroxylation is 1. The second kappa shape index (κ2) is 7.88. The Balaban J connectivity index is 1.81. The number of piperazine rings is 1. The topological polar surface area (TPSA) is 93.7 Å². The van der Waals surface area contributed by atoms with Crippen molar-refractivity contribution in [3.63, 3.8) is 0 Å². The second-order valence-corrected chi connectivity index (χ2v) is 8.16. The van der Waals surface area contributed by atoms with Gasteiger partial charge < -0.3 is 24.8 Å². The number of benzene rings is 1. The summed E-state index contributed by atoms with van der Waals surface area (Å²) in [5.41, 5.74) is 6.47. The van der Waals surface area contributed by atoms with E-state index in [0.29, 0.717) is 49.8 Å². The predicted molar refractivity (Wildman–Crippen MR) is 108 cm³/mol. The molecule has 0 atom stereocenters. The van der Waals surface area contributed by atoms with E-state index >= 15 is 0 Å². The highest BCUT2D eigenvalue weighted by Crippen LogP contribution is 2.28. The first-order valence-corrected chi connectivity index (χ1v) is 9.79. The Morgan fingerprint density at radius 2 is 1.86 bits per heavy atom. The molecule has 1 saturated heterocycles. The van der Waals surface area contributed by atoms with E-state index in [-0.39, 0.29) is 18.3 Å². The maximum absolute atomic E-state index is 14.8. The SMILES string of the molecule is CCn1c(CC(N)=O)nc2cc(F)c(N3CCN(C(=O)OC(C)(C)C)CC3)cc21. The molecule has 0 spiro atoms. The van der Waals surface area contributed by atoms with Crippen LogP contribution >= 0.6 is 0 Å². The normalized spacial score (nSPS) is 15.1. The maximum atomic E-state index is 14.8. The molecule has 0 radical (unpaired) electrons. The molecule has 29 heavy (non-hydrogen) atoms. The molecule has 158 valence electrons. The molecule has 1 aromatic heterocycles. The zero-order valence-corrected chi connectivity index (χ0v) is 17.4. The van der Waals surface area contributed by atoms with Crippen molar-refractivity contribution in [2.24, 2.45) is 5.73 Å². The van der Waals surface area contributed by atoms with E-state index < -0.39 is 11.5 Å². The number of aromatic nitrogens is 2. The summed E-state index contributed by atoms with van der Waals surface area (Å²) in [4.78, 5) is 31.5. The second-order valence-electron chi connectivity index (χ2n) is 8.16. The highest BCUT2D eigenvalue weighted by atomic mass is 19.1. The number of anilines is 1. The molecule has 2 amide bonds. The Kier molecular flexibility index (Phi) is 5.68. The first-order chi connectivity index (χ1) is 13.6. The number of nitrogens with two attached hydrogens (primary N) is 1. The number of hydrogen-bond donors (Lipinski definition) is 1. The molecule has 0 aliphatic carbocycles. The summed E-state index contributed by atoms with van der Waals surface area (Å²) in [5.74, 6) is -0.329. The van der Waals surface area contributed by atoms with Crippen LogP contribution in [-0.4, -0.2) is 58.2 Å². The zero-order valence-electron chi connectivity index (χ0n) is 17.4. The van der Waals surface area contributed by atoms with Gasteiger partial charge in [0.2, 0.25) is 5.91 Å². The number of nitrogens with zero attached hydrogens (tertiary/aromatic N) is 4. The Morgan fingerprint density at radius 3 is 2.41 bits per heavy atom. The van der Waals surface area contributed by atoms with Crippen LogP contribution in [0.4, 0.5) is 14.9 Å². The Morgan fingerprint density at radius 1 is 1.21 bits per heavy atom. The molecule has 9 heteroatoms. The molecule has 3 rings (SSSR count). The van der Waals surface area contributed by atoms with Gasteiger partial charge in [0.15, 0.2) is 0 Å². The largest absolute Gasteiger partial charge is 0.444 e. The van der Waals surface area contributed by atoms with E-state index in [2.05, 4.69) is 4.98 Å². The molecule has 0 saturated carbocycles. The van der Waals surface area contributed by atoms with Gasteiger partial charge in [-0.25, -0.2) is 14.2 Å². The van der Waals surface area contributed by atoms with Gasteiger partial charge in [-0.2, -0.15) is 0 Å². The average Bonchev–Trinajstić information content (AvgIpc) is 2.94. The molecule has 1 aliphatic rings. The number of rotatable bonds is 4. The quantitative estimate of drug-likeness (QED) is 0.842. The lowest BCUT2D eigenvalue weighted by atomic mass is 10.2. The van der Waals surface area contributed by atoms with E-state index in [0.717, 1.165) is 5.52 Å². The van der Waals surface area contributed by atoms with Crippen LogP contribution in [-0.2, 0) is 22.5 Å². The Labute approximate surface area is 169 Å². The van der Waals surface area contributed by atoms with Crippen LogP contribution in [0.1, 0.15) is 33.5 Å². The number of imidazole rings is 1. The molecule has 0 unspecified atom stereocenters. The fraction of sp³-hybridized carbons (Fsp3) is 0.550. The monoisotopic (exact) mass is 405 g/mol. The minimum absolute atomic E-state index is 0.00797. The third-order valence-electron chi connectivity index (χ3n) is 4.82. The summed E-state index contributed by atoms with van der Waals surface area (Å²) in [6, 6.07) is 3.15. The van der Waals surface area contributed by atoms with Crippen LogP contribution in [0.3, 0.4) is 0 Å². The van der Waals surface area contributed by atoms with Gasteiger partial charge in [0, 0.05) is 38.8 Å². The molecular formula is C20H28FN5O3. The third kappa shape index (κ3) is 4.60. The number of halogens is 1. The highest BCUT2D eigenvalue weighted by molar-refractivity contribution is 5.83. The molecule has 8 nitrogen and oxygen atoms in total. The van der Waals surface area contributed by atoms with Crippen LogP contribution in [0.15, 0.2) is 12.1 Å². The van der Waals surface area contributed by atoms with Gasteiger partial charge in [-0.1, -0.05) is 0 Å². The van der Waals surface area contributed by atoms with E-state index in [1.165, 1.54) is 6.07 Å². The van der Waals surface area contributed by atoms with Gasteiger partial charge in [0.05, 0.1) is 23.1 Å². The lowest BCUT2D eigenvalue weighted by molar-refractivity contribution is -0.117. The third-order valence-corrected chi connectivity index (χ3v) is 4.82. The molecule has 1 aromatic carbocycles. The molecular weight excluding hydrogens is 377 g/mol. The fourth-order valence-electron chi connectivity index (χ4n) is 3.53. The lowest BCUT2D eigenvalue weighted by Crippen LogP contribution is -2.50. The van der Waals surface area contributed by atoms with Crippen LogP contribution < -0.4 is 10.6 Å². The van der Waals surface area contributed by atoms with Crippen LogP contribution in [0.25, 0.3) is 11.0 Å². The maximum Gasteiger partial charge on any atom is 0.410 e. The van der Waals surface area contributed by atoms with E-state index in [1.54, 1.807) is 11.0 Å². The first kappa shape index (κ1) is 20.9. The van der Waals surface area contributed by atoms with Crippen molar-refractivity contribution < 1.29 is 18.7 Å². The molecule has 2 N–H and O–H groups in total. The van der Waals surface area contributed by atoms with E-state index in [4.69, 9.17) is 10.5 Å². The van der Waals surface area contributed by atoms with Crippen molar-refractivity contribution in [2.45, 2.75) is 46.3 Å². The molecule has 2 heterocycles. The minimum atomic E-state index is -0.549. The lowest BCUT2D eigenvalue weighted by Gasteiger charge is -2.36. The minimum Gasteiger partial charge on any atom is -0.444 e. The van der Waals surface area contributed by atoms with Crippen molar-refractivity contribution in [1.29, 1.82) is 0 Å². The number of fused-ring (bicyclic) bond motifs is 1. The average molecular weight is 405 g/mol. The number of ether oxygens (including phenoxy) is 1. The summed E-state index contributed by atoms with van der Waals surface area (Å²) >= 11 is 0. The molecule has 1 aliphatic heterocycles. The van der Waals surface area contributed by atoms with E-state index in [9.17, 15) is 14.0 Å². The van der Waals surface area contributed by atoms with Gasteiger partial charge in [0.1, 0.15) is 17.2 Å². The van der Waals surface area contributed by atoms with Crippen molar-refractivity contribution in [1.82, 2.24) is 14.5 Å². The number of amides is 2. The van der Waals surface area contributed by atoms with Gasteiger partial charge in [0.25, 0.3) is 0 Å². The number of carbonyl (C=O) groups excluding carboxylic acids is 2. The van der Waals surface area contributed by atoms with Gasteiger partial charge in [-0.05, 0) is 33.8 Å². The van der Waals surface area contributed by atoms with Crippen LogP contribution in [0.2, 0.25) is 0 Å². The highest BCUT2D eigenvalue weighted by Gasteiger charge is 2.27. The van der Waals surface area contributed by atoms with Crippen LogP contribution in [0.5, 0.6) is 0 Å². The van der Waals surface area contributed by atoms with Crippen LogP contribution in [0, 0.1) is 5.82 Å². The summed E-state index contributed by atoms with van der Waals surface area (Å²) in [6.45, 7) is 9.91. The Hall–Kier alpha value is -2.84. The van der Waals surface area contributed by atoms with Crippen molar-refractivity contribution in [3.8, 4) is 0 Å². The number of hydrogen-bond acceptors (Lipinski definition) is 5. The molecule has 1 fully saturated rings. The fourth-order valence-corrected chi connectivity index (χ4v) is 3.53. The summed E-state index contributed by atoms with van der Waals surface area (Å²) in [7, 11) is 0.